The van der Waals surface area contributed by atoms with Crippen molar-refractivity contribution < 1.29 is 24.1 Å². The van der Waals surface area contributed by atoms with E-state index in [4.69, 9.17) is 24.3 Å². The summed E-state index contributed by atoms with van der Waals surface area (Å²) in [6.07, 6.45) is 4.87. The number of hydrogen-bond acceptors (Lipinski definition) is 7. The van der Waals surface area contributed by atoms with Gasteiger partial charge in [-0.15, -0.1) is 0 Å². The fourth-order valence-electron chi connectivity index (χ4n) is 5.29. The third kappa shape index (κ3) is 8.28. The van der Waals surface area contributed by atoms with Crippen LogP contribution in [0.5, 0.6) is 5.75 Å². The van der Waals surface area contributed by atoms with Crippen LogP contribution in [-0.2, 0) is 14.3 Å². The van der Waals surface area contributed by atoms with Crippen LogP contribution in [-0.4, -0.2) is 55.9 Å². The molecule has 0 fully saturated rings. The number of hydrogen-bond donors (Lipinski definition) is 3. The Morgan fingerprint density at radius 1 is 0.870 bits per heavy atom. The second-order valence-corrected chi connectivity index (χ2v) is 11.0. The minimum Gasteiger partial charge on any atom is -0.494 e. The van der Waals surface area contributed by atoms with Crippen molar-refractivity contribution >= 4 is 17.9 Å². The summed E-state index contributed by atoms with van der Waals surface area (Å²) in [7, 11) is 1.65. The van der Waals surface area contributed by atoms with Gasteiger partial charge < -0.3 is 19.3 Å². The number of rotatable bonds is 16. The summed E-state index contributed by atoms with van der Waals surface area (Å²) in [5.74, 6) is 0.763. The molecule has 0 saturated heterocycles. The van der Waals surface area contributed by atoms with Crippen molar-refractivity contribution in [1.82, 2.24) is 10.9 Å². The summed E-state index contributed by atoms with van der Waals surface area (Å²) in [5.41, 5.74) is 9.44. The quantitative estimate of drug-likeness (QED) is 0.103. The zero-order valence-corrected chi connectivity index (χ0v) is 26.1. The molecule has 238 valence electrons. The molecule has 3 N–H and O–H groups in total. The molecule has 1 aliphatic heterocycles. The van der Waals surface area contributed by atoms with Crippen LogP contribution < -0.4 is 15.6 Å². The number of aliphatic hydroxyl groups is 1. The van der Waals surface area contributed by atoms with Gasteiger partial charge in [0, 0.05) is 45.3 Å². The van der Waals surface area contributed by atoms with Crippen molar-refractivity contribution in [2.24, 2.45) is 4.99 Å². The largest absolute Gasteiger partial charge is 0.494 e. The van der Waals surface area contributed by atoms with Crippen LogP contribution in [0.3, 0.4) is 0 Å². The maximum atomic E-state index is 14.2. The zero-order valence-electron chi connectivity index (χ0n) is 26.1. The summed E-state index contributed by atoms with van der Waals surface area (Å²) < 4.78 is 17.5. The van der Waals surface area contributed by atoms with E-state index in [9.17, 15) is 4.79 Å². The van der Waals surface area contributed by atoms with Gasteiger partial charge in [-0.1, -0.05) is 97.1 Å². The summed E-state index contributed by atoms with van der Waals surface area (Å²) >= 11 is 0. The monoisotopic (exact) mass is 619 g/mol. The smallest absolute Gasteiger partial charge is 0.266 e. The Morgan fingerprint density at radius 2 is 1.54 bits per heavy atom. The van der Waals surface area contributed by atoms with Crippen molar-refractivity contribution in [1.29, 1.82) is 0 Å². The molecule has 5 rings (SSSR count). The van der Waals surface area contributed by atoms with E-state index in [0.29, 0.717) is 44.2 Å². The number of nitrogens with one attached hydrogen (secondary N) is 2. The van der Waals surface area contributed by atoms with Crippen LogP contribution in [0.2, 0.25) is 0 Å². The average molecular weight is 620 g/mol. The van der Waals surface area contributed by atoms with E-state index < -0.39 is 11.6 Å². The lowest BCUT2D eigenvalue weighted by atomic mass is 9.84. The van der Waals surface area contributed by atoms with Gasteiger partial charge in [0.05, 0.1) is 6.61 Å². The number of ether oxygens (including phenoxy) is 3. The molecule has 1 heterocycles. The molecule has 0 aromatic heterocycles. The van der Waals surface area contributed by atoms with Crippen molar-refractivity contribution in [2.75, 3.05) is 33.5 Å². The van der Waals surface area contributed by atoms with Gasteiger partial charge in [0.15, 0.2) is 11.6 Å². The third-order valence-electron chi connectivity index (χ3n) is 7.74. The highest BCUT2D eigenvalue weighted by Gasteiger charge is 2.52. The molecule has 4 aromatic rings. The number of amides is 1. The van der Waals surface area contributed by atoms with E-state index in [2.05, 4.69) is 35.1 Å². The predicted molar refractivity (Wildman–Crippen MR) is 181 cm³/mol. The summed E-state index contributed by atoms with van der Waals surface area (Å²) in [6.45, 7) is 1.61. The highest BCUT2D eigenvalue weighted by atomic mass is 16.5. The van der Waals surface area contributed by atoms with Crippen LogP contribution in [0.4, 0.5) is 0 Å². The summed E-state index contributed by atoms with van der Waals surface area (Å²) in [5, 5.41) is 9.08. The van der Waals surface area contributed by atoms with Gasteiger partial charge in [0.1, 0.15) is 5.75 Å². The Kier molecular flexibility index (Phi) is 11.7. The molecule has 0 aliphatic carbocycles. The second kappa shape index (κ2) is 16.5. The van der Waals surface area contributed by atoms with Crippen molar-refractivity contribution in [2.45, 2.75) is 30.9 Å². The van der Waals surface area contributed by atoms with Gasteiger partial charge in [0.25, 0.3) is 5.91 Å². The van der Waals surface area contributed by atoms with Gasteiger partial charge >= 0.3 is 0 Å². The molecule has 1 amide bonds. The van der Waals surface area contributed by atoms with E-state index in [-0.39, 0.29) is 12.5 Å². The molecule has 8 nitrogen and oxygen atoms in total. The van der Waals surface area contributed by atoms with Crippen LogP contribution >= 0.6 is 0 Å². The van der Waals surface area contributed by atoms with E-state index in [0.717, 1.165) is 34.2 Å². The van der Waals surface area contributed by atoms with E-state index >= 15 is 0 Å². The Hall–Kier alpha value is -4.76. The number of benzene rings is 4. The topological polar surface area (TPSA) is 101 Å². The van der Waals surface area contributed by atoms with E-state index in [1.807, 2.05) is 97.1 Å². The number of methoxy groups -OCH3 is 1. The van der Waals surface area contributed by atoms with E-state index in [1.165, 1.54) is 0 Å². The van der Waals surface area contributed by atoms with Gasteiger partial charge in [-0.25, -0.2) is 10.4 Å². The predicted octanol–water partition coefficient (Wildman–Crippen LogP) is 6.13. The molecule has 8 heteroatoms. The molecule has 0 saturated carbocycles. The molecular formula is C38H41N3O5. The highest BCUT2D eigenvalue weighted by molar-refractivity contribution is 6.01. The Morgan fingerprint density at radius 3 is 2.24 bits per heavy atom. The number of carbonyl (C=O) groups is 1. The average Bonchev–Trinajstić information content (AvgIpc) is 3.50. The lowest BCUT2D eigenvalue weighted by molar-refractivity contribution is -0.129. The minimum atomic E-state index is -1.31. The van der Waals surface area contributed by atoms with E-state index in [1.54, 1.807) is 7.11 Å². The number of aliphatic imine (C=N–C) groups is 1. The first-order valence-electron chi connectivity index (χ1n) is 15.6. The molecule has 0 radical (unpaired) electrons. The first-order chi connectivity index (χ1) is 22.6. The standard InChI is InChI=1S/C38H41N3O5/c1-44-27-9-25-39-41-37(43)38(24-8-13-29-11-4-2-5-12-29)35(32-18-16-31(17-19-32)30-14-6-3-7-15-30)46-36(40-38)33-20-22-34(23-21-33)45-28-10-26-42/h2-8,11-23,35,39,42H,9-10,24-28H2,1H3,(H,41,43)/b13-8+/t35-,38-/m0/s1. The lowest BCUT2D eigenvalue weighted by Gasteiger charge is -2.30. The van der Waals surface area contributed by atoms with Gasteiger partial charge in [0.2, 0.25) is 5.90 Å². The van der Waals surface area contributed by atoms with Gasteiger partial charge in [-0.2, -0.15) is 0 Å². The van der Waals surface area contributed by atoms with Crippen LogP contribution in [0.25, 0.3) is 17.2 Å². The van der Waals surface area contributed by atoms with Crippen LogP contribution in [0, 0.1) is 0 Å². The Labute approximate surface area is 270 Å². The molecule has 2 atom stereocenters. The fourth-order valence-corrected chi connectivity index (χ4v) is 5.29. The molecule has 0 bridgehead atoms. The Bertz CT molecular complexity index is 1570. The van der Waals surface area contributed by atoms with Gasteiger partial charge in [-0.3, -0.25) is 10.2 Å². The number of aliphatic hydroxyl groups excluding tert-OH is 1. The first kappa shape index (κ1) is 32.6. The maximum Gasteiger partial charge on any atom is 0.266 e. The normalized spacial score (nSPS) is 17.4. The second-order valence-electron chi connectivity index (χ2n) is 11.0. The number of hydrazine groups is 1. The lowest BCUT2D eigenvalue weighted by Crippen LogP contribution is -2.52. The molecule has 0 spiro atoms. The van der Waals surface area contributed by atoms with Crippen LogP contribution in [0.15, 0.2) is 120 Å². The summed E-state index contributed by atoms with van der Waals surface area (Å²) in [4.78, 5) is 19.3. The first-order valence-corrected chi connectivity index (χ1v) is 15.6. The van der Waals surface area contributed by atoms with Crippen molar-refractivity contribution in [3.63, 3.8) is 0 Å². The SMILES string of the molecule is COCCCNNC(=O)[C@@]1(C/C=C/c2ccccc2)N=C(c2ccc(OCCCO)cc2)O[C@H]1c1ccc(-c2ccccc2)cc1. The minimum absolute atomic E-state index is 0.0700. The van der Waals surface area contributed by atoms with Crippen LogP contribution in [0.1, 0.15) is 42.1 Å². The molecular weight excluding hydrogens is 578 g/mol. The van der Waals surface area contributed by atoms with Crippen molar-refractivity contribution in [3.05, 3.63) is 132 Å². The maximum absolute atomic E-state index is 14.2. The zero-order chi connectivity index (χ0) is 32.0. The van der Waals surface area contributed by atoms with Gasteiger partial charge in [-0.05, 0) is 52.9 Å². The molecule has 46 heavy (non-hydrogen) atoms. The molecule has 0 unspecified atom stereocenters. The Balaban J connectivity index is 1.50. The number of carbonyl (C=O) groups excluding carboxylic acids is 1. The summed E-state index contributed by atoms with van der Waals surface area (Å²) in [6, 6.07) is 35.7. The molecule has 1 aliphatic rings. The third-order valence-corrected chi connectivity index (χ3v) is 7.74. The fraction of sp³-hybridized carbons (Fsp3) is 0.263. The highest BCUT2D eigenvalue weighted by Crippen LogP contribution is 2.43. The molecule has 4 aromatic carbocycles. The van der Waals surface area contributed by atoms with Crippen molar-refractivity contribution in [3.8, 4) is 16.9 Å². The number of nitrogens with zero attached hydrogens (tertiary/aromatic N) is 1.